The van der Waals surface area contributed by atoms with Gasteiger partial charge < -0.3 is 16.2 Å². The number of amides is 1. The Morgan fingerprint density at radius 2 is 1.69 bits per heavy atom. The molecule has 0 spiro atoms. The van der Waals surface area contributed by atoms with Crippen LogP contribution >= 0.6 is 11.6 Å². The lowest BCUT2D eigenvalue weighted by Crippen LogP contribution is -2.24. The Hall–Kier alpha value is -2.58. The van der Waals surface area contributed by atoms with Crippen LogP contribution in [0.25, 0.3) is 0 Å². The van der Waals surface area contributed by atoms with Crippen LogP contribution in [0.3, 0.4) is 0 Å². The third kappa shape index (κ3) is 4.53. The number of hydrogen-bond donors (Lipinski definition) is 2. The normalized spacial score (nSPS) is 11.1. The Bertz CT molecular complexity index is 990. The fourth-order valence-corrected chi connectivity index (χ4v) is 3.21. The van der Waals surface area contributed by atoms with E-state index >= 15 is 0 Å². The maximum Gasteiger partial charge on any atom is 0.280 e. The third-order valence-corrected chi connectivity index (χ3v) is 5.17. The molecule has 0 bridgehead atoms. The second-order valence-corrected chi connectivity index (χ2v) is 8.11. The second kappa shape index (κ2) is 7.35. The van der Waals surface area contributed by atoms with E-state index in [4.69, 9.17) is 27.8 Å². The van der Waals surface area contributed by atoms with Gasteiger partial charge in [0.25, 0.3) is 5.91 Å². The van der Waals surface area contributed by atoms with Crippen LogP contribution in [0.4, 0.5) is 0 Å². The van der Waals surface area contributed by atoms with E-state index in [2.05, 4.69) is 4.99 Å². The van der Waals surface area contributed by atoms with Crippen molar-refractivity contribution in [1.82, 2.24) is 0 Å². The average Bonchev–Trinajstić information content (AvgIpc) is 2.51. The summed E-state index contributed by atoms with van der Waals surface area (Å²) in [5, 5.41) is 0.610. The number of nitrogens with two attached hydrogens (primary N) is 2. The molecule has 0 saturated carbocycles. The van der Waals surface area contributed by atoms with Crippen molar-refractivity contribution >= 4 is 33.3 Å². The minimum atomic E-state index is -3.68. The molecule has 0 heterocycles. The number of guanidine groups is 1. The Morgan fingerprint density at radius 3 is 2.19 bits per heavy atom. The number of halogens is 1. The van der Waals surface area contributed by atoms with Gasteiger partial charge in [0, 0.05) is 16.8 Å². The van der Waals surface area contributed by atoms with E-state index in [1.807, 2.05) is 13.8 Å². The first-order valence-corrected chi connectivity index (χ1v) is 9.68. The second-order valence-electron chi connectivity index (χ2n) is 5.75. The van der Waals surface area contributed by atoms with Crippen molar-refractivity contribution in [1.29, 1.82) is 0 Å². The molecule has 0 aromatic heterocycles. The van der Waals surface area contributed by atoms with Gasteiger partial charge in [0.05, 0.1) is 0 Å². The molecule has 0 unspecified atom stereocenters. The molecule has 26 heavy (non-hydrogen) atoms. The Morgan fingerprint density at radius 1 is 1.12 bits per heavy atom. The molecule has 2 aromatic carbocycles. The highest BCUT2D eigenvalue weighted by atomic mass is 35.5. The van der Waals surface area contributed by atoms with E-state index < -0.39 is 21.7 Å². The van der Waals surface area contributed by atoms with Gasteiger partial charge in [0.15, 0.2) is 15.8 Å². The van der Waals surface area contributed by atoms with Gasteiger partial charge in [-0.2, -0.15) is 4.99 Å². The molecule has 0 aliphatic rings. The quantitative estimate of drug-likeness (QED) is 0.605. The average molecular weight is 396 g/mol. The number of nitrogens with zero attached hydrogens (tertiary/aromatic N) is 1. The van der Waals surface area contributed by atoms with Gasteiger partial charge in [-0.25, -0.2) is 8.42 Å². The fourth-order valence-electron chi connectivity index (χ4n) is 2.29. The molecular formula is C17H18ClN3O4S. The Kier molecular flexibility index (Phi) is 5.58. The zero-order valence-corrected chi connectivity index (χ0v) is 16.0. The summed E-state index contributed by atoms with van der Waals surface area (Å²) in [6.07, 6.45) is 1.02. The standard InChI is InChI=1S/C17H18ClN3O4S/c1-9-6-12(7-10(2)15(9)18)25-13-5-4-11(16(22)21-17(19)20)8-14(13)26(3,23)24/h4-8H,1-3H3,(H4,19,20,21,22). The molecule has 0 fully saturated rings. The fraction of sp³-hybridized carbons (Fsp3) is 0.176. The third-order valence-electron chi connectivity index (χ3n) is 3.46. The summed E-state index contributed by atoms with van der Waals surface area (Å²) in [6.45, 7) is 3.63. The number of carbonyl (C=O) groups is 1. The van der Waals surface area contributed by atoms with E-state index in [0.717, 1.165) is 17.4 Å². The van der Waals surface area contributed by atoms with Crippen LogP contribution in [0.15, 0.2) is 40.2 Å². The number of sulfone groups is 1. The predicted molar refractivity (Wildman–Crippen MR) is 101 cm³/mol. The zero-order valence-electron chi connectivity index (χ0n) is 14.4. The van der Waals surface area contributed by atoms with Crippen LogP contribution < -0.4 is 16.2 Å². The number of benzene rings is 2. The topological polar surface area (TPSA) is 125 Å². The monoisotopic (exact) mass is 395 g/mol. The summed E-state index contributed by atoms with van der Waals surface area (Å²) in [5.41, 5.74) is 12.0. The SMILES string of the molecule is Cc1cc(Oc2ccc(C(=O)N=C(N)N)cc2S(C)(=O)=O)cc(C)c1Cl. The van der Waals surface area contributed by atoms with Gasteiger partial charge in [-0.1, -0.05) is 11.6 Å². The highest BCUT2D eigenvalue weighted by Gasteiger charge is 2.19. The number of aryl methyl sites for hydroxylation is 2. The maximum absolute atomic E-state index is 12.1. The first-order chi connectivity index (χ1) is 12.0. The molecule has 9 heteroatoms. The van der Waals surface area contributed by atoms with Crippen molar-refractivity contribution in [2.24, 2.45) is 16.5 Å². The smallest absolute Gasteiger partial charge is 0.280 e. The molecule has 4 N–H and O–H groups in total. The predicted octanol–water partition coefficient (Wildman–Crippen LogP) is 2.57. The minimum absolute atomic E-state index is 0.0228. The maximum atomic E-state index is 12.1. The van der Waals surface area contributed by atoms with Crippen LogP contribution in [-0.2, 0) is 9.84 Å². The first-order valence-electron chi connectivity index (χ1n) is 7.41. The number of ether oxygens (including phenoxy) is 1. The van der Waals surface area contributed by atoms with Crippen LogP contribution in [0.5, 0.6) is 11.5 Å². The molecule has 0 aliphatic carbocycles. The summed E-state index contributed by atoms with van der Waals surface area (Å²) >= 11 is 6.13. The Balaban J connectivity index is 2.52. The molecule has 0 radical (unpaired) electrons. The number of hydrogen-bond acceptors (Lipinski definition) is 4. The van der Waals surface area contributed by atoms with Gasteiger partial charge >= 0.3 is 0 Å². The van der Waals surface area contributed by atoms with E-state index in [0.29, 0.717) is 10.8 Å². The lowest BCUT2D eigenvalue weighted by atomic mass is 10.1. The summed E-state index contributed by atoms with van der Waals surface area (Å²) < 4.78 is 30.0. The first kappa shape index (κ1) is 19.7. The number of carbonyl (C=O) groups excluding carboxylic acids is 1. The van der Waals surface area contributed by atoms with Crippen molar-refractivity contribution in [3.63, 3.8) is 0 Å². The van der Waals surface area contributed by atoms with Gasteiger partial charge in [-0.3, -0.25) is 4.79 Å². The molecule has 0 aliphatic heterocycles. The van der Waals surface area contributed by atoms with Crippen molar-refractivity contribution in [2.45, 2.75) is 18.7 Å². The molecule has 2 rings (SSSR count). The van der Waals surface area contributed by atoms with E-state index in [1.54, 1.807) is 12.1 Å². The lowest BCUT2D eigenvalue weighted by Gasteiger charge is -2.13. The van der Waals surface area contributed by atoms with Crippen LogP contribution in [0.1, 0.15) is 21.5 Å². The molecule has 0 atom stereocenters. The van der Waals surface area contributed by atoms with Crippen molar-refractivity contribution in [3.05, 3.63) is 52.0 Å². The van der Waals surface area contributed by atoms with Gasteiger partial charge in [0.2, 0.25) is 0 Å². The van der Waals surface area contributed by atoms with E-state index in [1.165, 1.54) is 18.2 Å². The summed E-state index contributed by atoms with van der Waals surface area (Å²) in [7, 11) is -3.68. The number of rotatable bonds is 4. The number of aliphatic imine (C=N–C) groups is 1. The summed E-state index contributed by atoms with van der Waals surface area (Å²) in [4.78, 5) is 15.2. The van der Waals surface area contributed by atoms with Crippen molar-refractivity contribution in [3.8, 4) is 11.5 Å². The largest absolute Gasteiger partial charge is 0.456 e. The molecule has 7 nitrogen and oxygen atoms in total. The molecule has 138 valence electrons. The lowest BCUT2D eigenvalue weighted by molar-refractivity contribution is 0.100. The van der Waals surface area contributed by atoms with Crippen molar-refractivity contribution < 1.29 is 17.9 Å². The highest BCUT2D eigenvalue weighted by molar-refractivity contribution is 7.90. The van der Waals surface area contributed by atoms with Crippen molar-refractivity contribution in [2.75, 3.05) is 6.26 Å². The Labute approximate surface area is 156 Å². The molecule has 0 saturated heterocycles. The summed E-state index contributed by atoms with van der Waals surface area (Å²) in [6, 6.07) is 7.33. The van der Waals surface area contributed by atoms with Gasteiger partial charge in [-0.15, -0.1) is 0 Å². The van der Waals surface area contributed by atoms with E-state index in [-0.39, 0.29) is 16.2 Å². The molecule has 2 aromatic rings. The molecular weight excluding hydrogens is 378 g/mol. The highest BCUT2D eigenvalue weighted by Crippen LogP contribution is 2.33. The summed E-state index contributed by atoms with van der Waals surface area (Å²) in [5.74, 6) is -0.657. The zero-order chi connectivity index (χ0) is 19.6. The van der Waals surface area contributed by atoms with E-state index in [9.17, 15) is 13.2 Å². The van der Waals surface area contributed by atoms with Crippen LogP contribution in [-0.4, -0.2) is 26.5 Å². The van der Waals surface area contributed by atoms with Gasteiger partial charge in [-0.05, 0) is 55.3 Å². The van der Waals surface area contributed by atoms with Crippen LogP contribution in [0, 0.1) is 13.8 Å². The van der Waals surface area contributed by atoms with Crippen LogP contribution in [0.2, 0.25) is 5.02 Å². The molecule has 1 amide bonds. The van der Waals surface area contributed by atoms with Gasteiger partial charge in [0.1, 0.15) is 16.4 Å². The minimum Gasteiger partial charge on any atom is -0.456 e.